The molecule has 0 bridgehead atoms. The molecule has 18 heavy (non-hydrogen) atoms. The van der Waals surface area contributed by atoms with Crippen LogP contribution in [0.4, 0.5) is 0 Å². The first kappa shape index (κ1) is 11.2. The van der Waals surface area contributed by atoms with Crippen molar-refractivity contribution in [2.75, 3.05) is 6.61 Å². The van der Waals surface area contributed by atoms with Gasteiger partial charge in [0.25, 0.3) is 0 Å². The molecule has 0 N–H and O–H groups in total. The van der Waals surface area contributed by atoms with Crippen molar-refractivity contribution in [1.29, 1.82) is 0 Å². The molecule has 4 fully saturated rings. The number of hydrogen-bond donors (Lipinski definition) is 0. The maximum Gasteiger partial charge on any atom is 0.309 e. The van der Waals surface area contributed by atoms with E-state index in [1.54, 1.807) is 0 Å². The third kappa shape index (κ3) is 2.16. The van der Waals surface area contributed by atoms with E-state index < -0.39 is 0 Å². The van der Waals surface area contributed by atoms with Crippen LogP contribution in [0.5, 0.6) is 0 Å². The van der Waals surface area contributed by atoms with E-state index in [0.29, 0.717) is 36.9 Å². The third-order valence-electron chi connectivity index (χ3n) is 4.91. The third-order valence-corrected chi connectivity index (χ3v) is 4.91. The second-order valence-electron chi connectivity index (χ2n) is 6.25. The van der Waals surface area contributed by atoms with Gasteiger partial charge in [-0.1, -0.05) is 0 Å². The van der Waals surface area contributed by atoms with Crippen molar-refractivity contribution in [2.45, 2.75) is 62.9 Å². The fourth-order valence-corrected chi connectivity index (χ4v) is 3.57. The van der Waals surface area contributed by atoms with Crippen molar-refractivity contribution < 1.29 is 19.0 Å². The molecule has 2 saturated carbocycles. The highest BCUT2D eigenvalue weighted by Gasteiger charge is 2.47. The lowest BCUT2D eigenvalue weighted by atomic mass is 9.89. The van der Waals surface area contributed by atoms with E-state index in [4.69, 9.17) is 14.2 Å². The molecule has 0 amide bonds. The average Bonchev–Trinajstić information content (AvgIpc) is 3.26. The molecule has 4 heteroatoms. The molecule has 2 heterocycles. The van der Waals surface area contributed by atoms with Crippen LogP contribution in [0.1, 0.15) is 38.5 Å². The first-order valence-electron chi connectivity index (χ1n) is 7.27. The van der Waals surface area contributed by atoms with Crippen LogP contribution in [0.2, 0.25) is 0 Å². The molecule has 5 unspecified atom stereocenters. The fourth-order valence-electron chi connectivity index (χ4n) is 3.57. The minimum atomic E-state index is 0.00258. The zero-order chi connectivity index (χ0) is 12.1. The Balaban J connectivity index is 1.23. The van der Waals surface area contributed by atoms with Crippen LogP contribution < -0.4 is 0 Å². The van der Waals surface area contributed by atoms with Gasteiger partial charge in [-0.25, -0.2) is 0 Å². The average molecular weight is 252 g/mol. The van der Waals surface area contributed by atoms with Crippen molar-refractivity contribution in [2.24, 2.45) is 11.8 Å². The summed E-state index contributed by atoms with van der Waals surface area (Å²) in [7, 11) is 0. The van der Waals surface area contributed by atoms with E-state index in [2.05, 4.69) is 0 Å². The summed E-state index contributed by atoms with van der Waals surface area (Å²) in [4.78, 5) is 12.0. The molecule has 4 nitrogen and oxygen atoms in total. The highest BCUT2D eigenvalue weighted by molar-refractivity contribution is 5.72. The fraction of sp³-hybridized carbons (Fsp3) is 0.929. The maximum absolute atomic E-state index is 12.0. The molecule has 0 aromatic rings. The predicted octanol–water partition coefficient (Wildman–Crippen LogP) is 1.66. The van der Waals surface area contributed by atoms with Gasteiger partial charge < -0.3 is 14.2 Å². The Labute approximate surface area is 107 Å². The van der Waals surface area contributed by atoms with Crippen LogP contribution in [0.25, 0.3) is 0 Å². The number of hydrogen-bond acceptors (Lipinski definition) is 4. The molecule has 4 aliphatic rings. The molecule has 2 saturated heterocycles. The topological polar surface area (TPSA) is 51.4 Å². The Kier molecular flexibility index (Phi) is 2.62. The number of ether oxygens (including phenoxy) is 3. The number of rotatable bonds is 3. The van der Waals surface area contributed by atoms with Gasteiger partial charge in [0.15, 0.2) is 0 Å². The van der Waals surface area contributed by atoms with Crippen molar-refractivity contribution in [1.82, 2.24) is 0 Å². The summed E-state index contributed by atoms with van der Waals surface area (Å²) in [5.74, 6) is 0.608. The van der Waals surface area contributed by atoms with E-state index in [0.717, 1.165) is 38.5 Å². The molecule has 100 valence electrons. The van der Waals surface area contributed by atoms with E-state index in [1.807, 2.05) is 0 Å². The molecule has 0 aromatic carbocycles. The Hall–Kier alpha value is -0.610. The van der Waals surface area contributed by atoms with Crippen LogP contribution in [0, 0.1) is 11.8 Å². The number of epoxide rings is 2. The molecule has 0 spiro atoms. The highest BCUT2D eigenvalue weighted by atomic mass is 16.6. The lowest BCUT2D eigenvalue weighted by Crippen LogP contribution is -2.27. The zero-order valence-corrected chi connectivity index (χ0v) is 10.5. The molecule has 2 aliphatic heterocycles. The van der Waals surface area contributed by atoms with Crippen LogP contribution >= 0.6 is 0 Å². The van der Waals surface area contributed by atoms with Gasteiger partial charge in [-0.2, -0.15) is 0 Å². The summed E-state index contributed by atoms with van der Waals surface area (Å²) < 4.78 is 16.4. The molecule has 4 rings (SSSR count). The number of carbonyl (C=O) groups is 1. The quantitative estimate of drug-likeness (QED) is 0.566. The Morgan fingerprint density at radius 1 is 0.944 bits per heavy atom. The molecule has 2 aliphatic carbocycles. The summed E-state index contributed by atoms with van der Waals surface area (Å²) in [6, 6.07) is 0. The smallest absolute Gasteiger partial charge is 0.309 e. The largest absolute Gasteiger partial charge is 0.465 e. The van der Waals surface area contributed by atoms with Gasteiger partial charge in [-0.05, 0) is 44.4 Å². The van der Waals surface area contributed by atoms with Gasteiger partial charge in [0, 0.05) is 0 Å². The lowest BCUT2D eigenvalue weighted by molar-refractivity contribution is -0.151. The summed E-state index contributed by atoms with van der Waals surface area (Å²) in [5.41, 5.74) is 0. The van der Waals surface area contributed by atoms with Crippen molar-refractivity contribution in [3.8, 4) is 0 Å². The van der Waals surface area contributed by atoms with Crippen molar-refractivity contribution >= 4 is 5.97 Å². The predicted molar refractivity (Wildman–Crippen MR) is 63.0 cm³/mol. The van der Waals surface area contributed by atoms with Crippen LogP contribution in [-0.4, -0.2) is 37.0 Å². The minimum absolute atomic E-state index is 0.00258. The van der Waals surface area contributed by atoms with Crippen LogP contribution in [0.3, 0.4) is 0 Å². The maximum atomic E-state index is 12.0. The van der Waals surface area contributed by atoms with Gasteiger partial charge in [-0.15, -0.1) is 0 Å². The lowest BCUT2D eigenvalue weighted by Gasteiger charge is -2.21. The Bertz CT molecular complexity index is 356. The van der Waals surface area contributed by atoms with Crippen LogP contribution in [-0.2, 0) is 19.0 Å². The molecule has 0 radical (unpaired) electrons. The second kappa shape index (κ2) is 4.20. The SMILES string of the molecule is O=C(OCC1CCC2OC2C1)C1CC[C@H]2OC2C1. The van der Waals surface area contributed by atoms with Crippen molar-refractivity contribution in [3.05, 3.63) is 0 Å². The first-order valence-corrected chi connectivity index (χ1v) is 7.27. The molecule has 6 atom stereocenters. The van der Waals surface area contributed by atoms with E-state index in [9.17, 15) is 4.79 Å². The summed E-state index contributed by atoms with van der Waals surface area (Å²) in [6.07, 6.45) is 8.03. The van der Waals surface area contributed by atoms with Gasteiger partial charge in [0.2, 0.25) is 0 Å². The zero-order valence-electron chi connectivity index (χ0n) is 10.5. The molecular formula is C14H20O4. The van der Waals surface area contributed by atoms with Crippen LogP contribution in [0.15, 0.2) is 0 Å². The van der Waals surface area contributed by atoms with Gasteiger partial charge in [0.05, 0.1) is 36.9 Å². The van der Waals surface area contributed by atoms with Gasteiger partial charge >= 0.3 is 5.97 Å². The summed E-state index contributed by atoms with van der Waals surface area (Å²) >= 11 is 0. The standard InChI is InChI=1S/C14H20O4/c15-14(9-2-4-11-13(6-9)18-11)16-7-8-1-3-10-12(5-8)17-10/h8-13H,1-7H2/t8?,9?,10?,11-,12?,13?/m1/s1. The van der Waals surface area contributed by atoms with Gasteiger partial charge in [0.1, 0.15) is 0 Å². The first-order chi connectivity index (χ1) is 8.79. The number of fused-ring (bicyclic) bond motifs is 2. The molecular weight excluding hydrogens is 232 g/mol. The summed E-state index contributed by atoms with van der Waals surface area (Å²) in [5, 5.41) is 0. The highest BCUT2D eigenvalue weighted by Crippen LogP contribution is 2.41. The molecule has 0 aromatic heterocycles. The normalized spacial score (nSPS) is 48.9. The van der Waals surface area contributed by atoms with Crippen molar-refractivity contribution in [3.63, 3.8) is 0 Å². The number of esters is 1. The Morgan fingerprint density at radius 3 is 2.39 bits per heavy atom. The van der Waals surface area contributed by atoms with E-state index in [1.165, 1.54) is 0 Å². The minimum Gasteiger partial charge on any atom is -0.465 e. The Morgan fingerprint density at radius 2 is 1.67 bits per heavy atom. The number of carbonyl (C=O) groups excluding carboxylic acids is 1. The van der Waals surface area contributed by atoms with E-state index >= 15 is 0 Å². The van der Waals surface area contributed by atoms with E-state index in [-0.39, 0.29) is 11.9 Å². The summed E-state index contributed by atoms with van der Waals surface area (Å²) in [6.45, 7) is 0.594. The monoisotopic (exact) mass is 252 g/mol. The second-order valence-corrected chi connectivity index (χ2v) is 6.25. The van der Waals surface area contributed by atoms with Gasteiger partial charge in [-0.3, -0.25) is 4.79 Å².